The van der Waals surface area contributed by atoms with E-state index in [-0.39, 0.29) is 0 Å². The van der Waals surface area contributed by atoms with Gasteiger partial charge in [0.1, 0.15) is 0 Å². The van der Waals surface area contributed by atoms with Crippen molar-refractivity contribution in [2.24, 2.45) is 0 Å². The molecule has 0 aliphatic rings. The molecule has 1 aromatic rings. The number of carbonyl (C=O) groups is 2. The van der Waals surface area contributed by atoms with Crippen molar-refractivity contribution in [3.63, 3.8) is 0 Å². The van der Waals surface area contributed by atoms with Gasteiger partial charge in [-0.2, -0.15) is 4.39 Å². The second kappa shape index (κ2) is 4.86. The fourth-order valence-corrected chi connectivity index (χ4v) is 1.18. The summed E-state index contributed by atoms with van der Waals surface area (Å²) in [6.07, 6.45) is -0.795. The zero-order valence-corrected chi connectivity index (χ0v) is 8.59. The van der Waals surface area contributed by atoms with Gasteiger partial charge in [-0.05, 0) is 6.07 Å². The molecular weight excluding hydrogens is 241 g/mol. The summed E-state index contributed by atoms with van der Waals surface area (Å²) in [7, 11) is 0. The number of hydrogen-bond donors (Lipinski definition) is 1. The van der Waals surface area contributed by atoms with Gasteiger partial charge in [0.25, 0.3) is 0 Å². The number of halogens is 3. The summed E-state index contributed by atoms with van der Waals surface area (Å²) in [5, 5.41) is 8.50. The van der Waals surface area contributed by atoms with Crippen LogP contribution >= 0.6 is 0 Å². The average molecular weight is 248 g/mol. The fraction of sp³-hybridized carbons (Fsp3) is 0.200. The number of carbonyl (C=O) groups excluding carboxylic acids is 1. The van der Waals surface area contributed by atoms with Crippen LogP contribution in [-0.2, 0) is 16.0 Å². The summed E-state index contributed by atoms with van der Waals surface area (Å²) in [6, 6.07) is 0.477. The molecule has 0 saturated carbocycles. The predicted molar refractivity (Wildman–Crippen MR) is 49.0 cm³/mol. The minimum absolute atomic E-state index is 0.455. The van der Waals surface area contributed by atoms with Crippen LogP contribution in [-0.4, -0.2) is 17.0 Å². The van der Waals surface area contributed by atoms with Crippen LogP contribution in [0.5, 0.6) is 5.75 Å². The number of aliphatic carboxylic acids is 1. The molecule has 17 heavy (non-hydrogen) atoms. The molecule has 0 aromatic heterocycles. The molecule has 92 valence electrons. The van der Waals surface area contributed by atoms with Crippen LogP contribution in [0.25, 0.3) is 0 Å². The summed E-state index contributed by atoms with van der Waals surface area (Å²) < 4.78 is 43.3. The molecule has 0 fully saturated rings. The molecule has 0 heterocycles. The molecular formula is C10H7F3O4. The van der Waals surface area contributed by atoms with E-state index < -0.39 is 47.1 Å². The molecule has 0 spiro atoms. The van der Waals surface area contributed by atoms with Crippen molar-refractivity contribution in [2.45, 2.75) is 13.3 Å². The number of hydrogen-bond acceptors (Lipinski definition) is 3. The van der Waals surface area contributed by atoms with Gasteiger partial charge in [0.2, 0.25) is 5.82 Å². The first-order valence-corrected chi connectivity index (χ1v) is 4.39. The Labute approximate surface area is 93.6 Å². The van der Waals surface area contributed by atoms with Gasteiger partial charge in [-0.3, -0.25) is 9.59 Å². The topological polar surface area (TPSA) is 63.6 Å². The molecule has 0 atom stereocenters. The van der Waals surface area contributed by atoms with Crippen LogP contribution in [0.1, 0.15) is 12.5 Å². The second-order valence-corrected chi connectivity index (χ2v) is 3.14. The first kappa shape index (κ1) is 13.0. The normalized spacial score (nSPS) is 10.1. The molecule has 0 amide bonds. The van der Waals surface area contributed by atoms with Crippen molar-refractivity contribution in [3.8, 4) is 5.75 Å². The van der Waals surface area contributed by atoms with Crippen LogP contribution in [0.2, 0.25) is 0 Å². The standard InChI is InChI=1S/C10H7F3O4/c1-4(14)17-10-5(3-7(15)16)2-6(11)8(12)9(10)13/h2H,3H2,1H3,(H,15,16). The number of ether oxygens (including phenoxy) is 1. The molecule has 0 aliphatic heterocycles. The molecule has 4 nitrogen and oxygen atoms in total. The quantitative estimate of drug-likeness (QED) is 0.502. The first-order chi connectivity index (χ1) is 7.82. The Morgan fingerprint density at radius 3 is 2.35 bits per heavy atom. The molecule has 0 saturated heterocycles. The first-order valence-electron chi connectivity index (χ1n) is 4.39. The zero-order chi connectivity index (χ0) is 13.2. The summed E-state index contributed by atoms with van der Waals surface area (Å²) in [4.78, 5) is 21.1. The van der Waals surface area contributed by atoms with Crippen LogP contribution in [0.3, 0.4) is 0 Å². The highest BCUT2D eigenvalue weighted by Gasteiger charge is 2.22. The molecule has 1 aromatic carbocycles. The summed E-state index contributed by atoms with van der Waals surface area (Å²) >= 11 is 0. The third kappa shape index (κ3) is 2.96. The highest BCUT2D eigenvalue weighted by Crippen LogP contribution is 2.28. The van der Waals surface area contributed by atoms with E-state index in [4.69, 9.17) is 5.11 Å². The Kier molecular flexibility index (Phi) is 3.72. The van der Waals surface area contributed by atoms with Gasteiger partial charge in [-0.15, -0.1) is 0 Å². The molecule has 1 rings (SSSR count). The number of esters is 1. The Hall–Kier alpha value is -2.05. The van der Waals surface area contributed by atoms with Crippen molar-refractivity contribution in [2.75, 3.05) is 0 Å². The zero-order valence-electron chi connectivity index (χ0n) is 8.59. The minimum atomic E-state index is -1.82. The highest BCUT2D eigenvalue weighted by atomic mass is 19.2. The Morgan fingerprint density at radius 2 is 1.88 bits per heavy atom. The van der Waals surface area contributed by atoms with Crippen molar-refractivity contribution in [3.05, 3.63) is 29.1 Å². The van der Waals surface area contributed by atoms with E-state index in [0.29, 0.717) is 6.07 Å². The smallest absolute Gasteiger partial charge is 0.308 e. The fourth-order valence-electron chi connectivity index (χ4n) is 1.18. The van der Waals surface area contributed by atoms with Crippen LogP contribution in [0, 0.1) is 17.5 Å². The lowest BCUT2D eigenvalue weighted by Gasteiger charge is -2.09. The van der Waals surface area contributed by atoms with Gasteiger partial charge >= 0.3 is 11.9 Å². The number of benzene rings is 1. The van der Waals surface area contributed by atoms with Crippen LogP contribution in [0.4, 0.5) is 13.2 Å². The predicted octanol–water partition coefficient (Wildman–Crippen LogP) is 1.66. The van der Waals surface area contributed by atoms with E-state index >= 15 is 0 Å². The van der Waals surface area contributed by atoms with E-state index in [1.807, 2.05) is 0 Å². The minimum Gasteiger partial charge on any atom is -0.481 e. The molecule has 0 unspecified atom stereocenters. The Morgan fingerprint density at radius 1 is 1.29 bits per heavy atom. The average Bonchev–Trinajstić information content (AvgIpc) is 2.20. The highest BCUT2D eigenvalue weighted by molar-refractivity contribution is 5.74. The van der Waals surface area contributed by atoms with Gasteiger partial charge in [-0.1, -0.05) is 0 Å². The van der Waals surface area contributed by atoms with E-state index in [1.165, 1.54) is 0 Å². The lowest BCUT2D eigenvalue weighted by molar-refractivity contribution is -0.137. The number of rotatable bonds is 3. The van der Waals surface area contributed by atoms with Gasteiger partial charge in [-0.25, -0.2) is 8.78 Å². The molecule has 0 aliphatic carbocycles. The second-order valence-electron chi connectivity index (χ2n) is 3.14. The number of carboxylic acid groups (broad SMARTS) is 1. The third-order valence-electron chi connectivity index (χ3n) is 1.78. The Balaban J connectivity index is 3.34. The third-order valence-corrected chi connectivity index (χ3v) is 1.78. The molecule has 0 radical (unpaired) electrons. The van der Waals surface area contributed by atoms with Crippen LogP contribution < -0.4 is 4.74 Å². The van der Waals surface area contributed by atoms with E-state index in [2.05, 4.69) is 4.74 Å². The maximum Gasteiger partial charge on any atom is 0.308 e. The van der Waals surface area contributed by atoms with Crippen molar-refractivity contribution in [1.29, 1.82) is 0 Å². The lowest BCUT2D eigenvalue weighted by atomic mass is 10.1. The summed E-state index contributed by atoms with van der Waals surface area (Å²) in [6.45, 7) is 0.922. The number of carboxylic acids is 1. The molecule has 7 heteroatoms. The van der Waals surface area contributed by atoms with E-state index in [0.717, 1.165) is 6.92 Å². The van der Waals surface area contributed by atoms with E-state index in [9.17, 15) is 22.8 Å². The molecule has 0 bridgehead atoms. The van der Waals surface area contributed by atoms with Gasteiger partial charge in [0.05, 0.1) is 6.42 Å². The SMILES string of the molecule is CC(=O)Oc1c(CC(=O)O)cc(F)c(F)c1F. The summed E-state index contributed by atoms with van der Waals surface area (Å²) in [5.41, 5.74) is -0.455. The summed E-state index contributed by atoms with van der Waals surface area (Å²) in [5.74, 6) is -8.37. The van der Waals surface area contributed by atoms with Crippen molar-refractivity contribution >= 4 is 11.9 Å². The van der Waals surface area contributed by atoms with Gasteiger partial charge in [0, 0.05) is 12.5 Å². The monoisotopic (exact) mass is 248 g/mol. The van der Waals surface area contributed by atoms with Crippen LogP contribution in [0.15, 0.2) is 6.07 Å². The van der Waals surface area contributed by atoms with Gasteiger partial charge < -0.3 is 9.84 Å². The maximum atomic E-state index is 13.2. The van der Waals surface area contributed by atoms with E-state index in [1.54, 1.807) is 0 Å². The largest absolute Gasteiger partial charge is 0.481 e. The maximum absolute atomic E-state index is 13.2. The lowest BCUT2D eigenvalue weighted by Crippen LogP contribution is -2.11. The Bertz CT molecular complexity index is 485. The van der Waals surface area contributed by atoms with Gasteiger partial charge in [0.15, 0.2) is 17.4 Å². The van der Waals surface area contributed by atoms with Crippen molar-refractivity contribution < 1.29 is 32.6 Å². The molecule has 1 N–H and O–H groups in total. The van der Waals surface area contributed by atoms with Crippen molar-refractivity contribution in [1.82, 2.24) is 0 Å².